The first-order valence-electron chi connectivity index (χ1n) is 7.02. The summed E-state index contributed by atoms with van der Waals surface area (Å²) in [6.07, 6.45) is 5.62. The maximum absolute atomic E-state index is 13.1. The number of rotatable bonds is 7. The number of hydrogen-bond acceptors (Lipinski definition) is 1. The standard InChI is InChI=1S/C16H26FN/c1-4-6-9-16(5-2,12-18)11-14-7-8-15(17)10-13(14)3/h7-8,10H,4-6,9,11-12,18H2,1-3H3. The second kappa shape index (κ2) is 6.89. The smallest absolute Gasteiger partial charge is 0.123 e. The third-order valence-electron chi connectivity index (χ3n) is 4.11. The molecule has 1 aromatic rings. The molecule has 0 amide bonds. The summed E-state index contributed by atoms with van der Waals surface area (Å²) >= 11 is 0. The largest absolute Gasteiger partial charge is 0.330 e. The lowest BCUT2D eigenvalue weighted by Gasteiger charge is -2.32. The van der Waals surface area contributed by atoms with Crippen LogP contribution in [-0.2, 0) is 6.42 Å². The van der Waals surface area contributed by atoms with Crippen molar-refractivity contribution in [1.29, 1.82) is 0 Å². The van der Waals surface area contributed by atoms with E-state index >= 15 is 0 Å². The molecule has 1 atom stereocenters. The molecule has 0 saturated carbocycles. The molecule has 18 heavy (non-hydrogen) atoms. The average molecular weight is 251 g/mol. The van der Waals surface area contributed by atoms with Crippen molar-refractivity contribution in [2.75, 3.05) is 6.54 Å². The predicted molar refractivity (Wildman–Crippen MR) is 76.1 cm³/mol. The van der Waals surface area contributed by atoms with Gasteiger partial charge in [0.05, 0.1) is 0 Å². The van der Waals surface area contributed by atoms with Crippen LogP contribution in [0.4, 0.5) is 4.39 Å². The van der Waals surface area contributed by atoms with E-state index in [1.807, 2.05) is 13.0 Å². The van der Waals surface area contributed by atoms with Gasteiger partial charge in [-0.3, -0.25) is 0 Å². The monoisotopic (exact) mass is 251 g/mol. The third kappa shape index (κ3) is 3.81. The average Bonchev–Trinajstić information content (AvgIpc) is 2.37. The highest BCUT2D eigenvalue weighted by molar-refractivity contribution is 5.27. The Hall–Kier alpha value is -0.890. The number of benzene rings is 1. The first kappa shape index (κ1) is 15.2. The molecule has 1 unspecified atom stereocenters. The fourth-order valence-corrected chi connectivity index (χ4v) is 2.52. The van der Waals surface area contributed by atoms with Crippen LogP contribution in [0.3, 0.4) is 0 Å². The Labute approximate surface area is 111 Å². The minimum atomic E-state index is -0.153. The Morgan fingerprint density at radius 3 is 2.50 bits per heavy atom. The fourth-order valence-electron chi connectivity index (χ4n) is 2.52. The summed E-state index contributed by atoms with van der Waals surface area (Å²) in [7, 11) is 0. The summed E-state index contributed by atoms with van der Waals surface area (Å²) in [6, 6.07) is 5.09. The third-order valence-corrected chi connectivity index (χ3v) is 4.11. The van der Waals surface area contributed by atoms with Gasteiger partial charge in [-0.1, -0.05) is 32.8 Å². The van der Waals surface area contributed by atoms with Crippen LogP contribution in [0.25, 0.3) is 0 Å². The highest BCUT2D eigenvalue weighted by atomic mass is 19.1. The Balaban J connectivity index is 2.88. The lowest BCUT2D eigenvalue weighted by Crippen LogP contribution is -2.32. The number of nitrogens with two attached hydrogens (primary N) is 1. The summed E-state index contributed by atoms with van der Waals surface area (Å²) in [5.74, 6) is -0.153. The number of unbranched alkanes of at least 4 members (excludes halogenated alkanes) is 1. The second-order valence-electron chi connectivity index (χ2n) is 5.41. The van der Waals surface area contributed by atoms with Crippen molar-refractivity contribution in [2.24, 2.45) is 11.1 Å². The molecule has 2 heteroatoms. The molecule has 0 aliphatic carbocycles. The van der Waals surface area contributed by atoms with E-state index in [4.69, 9.17) is 5.73 Å². The van der Waals surface area contributed by atoms with E-state index in [1.165, 1.54) is 18.4 Å². The quantitative estimate of drug-likeness (QED) is 0.771. The van der Waals surface area contributed by atoms with Gasteiger partial charge in [0.15, 0.2) is 0 Å². The van der Waals surface area contributed by atoms with Crippen LogP contribution < -0.4 is 5.73 Å². The zero-order valence-electron chi connectivity index (χ0n) is 11.9. The Morgan fingerprint density at radius 2 is 2.00 bits per heavy atom. The normalized spacial score (nSPS) is 14.5. The van der Waals surface area contributed by atoms with Crippen molar-refractivity contribution >= 4 is 0 Å². The molecule has 0 radical (unpaired) electrons. The van der Waals surface area contributed by atoms with Gasteiger partial charge in [0.2, 0.25) is 0 Å². The van der Waals surface area contributed by atoms with Gasteiger partial charge in [0.25, 0.3) is 0 Å². The molecule has 1 rings (SSSR count). The Morgan fingerprint density at radius 1 is 1.28 bits per heavy atom. The molecule has 0 spiro atoms. The van der Waals surface area contributed by atoms with E-state index in [-0.39, 0.29) is 11.2 Å². The van der Waals surface area contributed by atoms with Crippen molar-refractivity contribution in [1.82, 2.24) is 0 Å². The fraction of sp³-hybridized carbons (Fsp3) is 0.625. The first-order chi connectivity index (χ1) is 8.56. The van der Waals surface area contributed by atoms with Crippen LogP contribution >= 0.6 is 0 Å². The predicted octanol–water partition coefficient (Wildman–Crippen LogP) is 4.22. The zero-order chi connectivity index (χ0) is 13.6. The van der Waals surface area contributed by atoms with Gasteiger partial charge in [-0.25, -0.2) is 4.39 Å². The molecule has 0 bridgehead atoms. The molecule has 1 aromatic carbocycles. The van der Waals surface area contributed by atoms with Gasteiger partial charge >= 0.3 is 0 Å². The van der Waals surface area contributed by atoms with E-state index in [0.717, 1.165) is 24.8 Å². The van der Waals surface area contributed by atoms with Crippen molar-refractivity contribution in [3.8, 4) is 0 Å². The highest BCUT2D eigenvalue weighted by Crippen LogP contribution is 2.33. The van der Waals surface area contributed by atoms with Crippen LogP contribution in [-0.4, -0.2) is 6.54 Å². The molecule has 2 N–H and O–H groups in total. The van der Waals surface area contributed by atoms with Crippen LogP contribution in [0.5, 0.6) is 0 Å². The number of aryl methyl sites for hydroxylation is 1. The molecule has 0 aliphatic rings. The molecule has 0 heterocycles. The van der Waals surface area contributed by atoms with Gasteiger partial charge in [0, 0.05) is 0 Å². The molecule has 0 fully saturated rings. The molecular weight excluding hydrogens is 225 g/mol. The highest BCUT2D eigenvalue weighted by Gasteiger charge is 2.26. The van der Waals surface area contributed by atoms with Gasteiger partial charge in [-0.05, 0) is 61.4 Å². The van der Waals surface area contributed by atoms with Crippen LogP contribution in [0.15, 0.2) is 18.2 Å². The van der Waals surface area contributed by atoms with Gasteiger partial charge in [0.1, 0.15) is 5.82 Å². The van der Waals surface area contributed by atoms with E-state index in [0.29, 0.717) is 6.54 Å². The maximum atomic E-state index is 13.1. The summed E-state index contributed by atoms with van der Waals surface area (Å²) in [5, 5.41) is 0. The van der Waals surface area contributed by atoms with Gasteiger partial charge in [-0.2, -0.15) is 0 Å². The SMILES string of the molecule is CCCCC(CC)(CN)Cc1ccc(F)cc1C. The van der Waals surface area contributed by atoms with Crippen molar-refractivity contribution in [2.45, 2.75) is 52.9 Å². The van der Waals surface area contributed by atoms with Crippen molar-refractivity contribution in [3.63, 3.8) is 0 Å². The van der Waals surface area contributed by atoms with Crippen molar-refractivity contribution < 1.29 is 4.39 Å². The van der Waals surface area contributed by atoms with E-state index in [1.54, 1.807) is 12.1 Å². The summed E-state index contributed by atoms with van der Waals surface area (Å²) in [6.45, 7) is 7.11. The van der Waals surface area contributed by atoms with Crippen LogP contribution in [0.1, 0.15) is 50.7 Å². The molecular formula is C16H26FN. The molecule has 0 aromatic heterocycles. The molecule has 1 nitrogen and oxygen atoms in total. The zero-order valence-corrected chi connectivity index (χ0v) is 11.9. The summed E-state index contributed by atoms with van der Waals surface area (Å²) in [4.78, 5) is 0. The first-order valence-corrected chi connectivity index (χ1v) is 7.02. The van der Waals surface area contributed by atoms with E-state index in [9.17, 15) is 4.39 Å². The Bertz CT molecular complexity index is 369. The van der Waals surface area contributed by atoms with E-state index < -0.39 is 0 Å². The lowest BCUT2D eigenvalue weighted by atomic mass is 9.74. The minimum absolute atomic E-state index is 0.153. The summed E-state index contributed by atoms with van der Waals surface area (Å²) < 4.78 is 13.1. The number of hydrogen-bond donors (Lipinski definition) is 1. The maximum Gasteiger partial charge on any atom is 0.123 e. The molecule has 0 aliphatic heterocycles. The van der Waals surface area contributed by atoms with Gasteiger partial charge in [-0.15, -0.1) is 0 Å². The molecule has 102 valence electrons. The summed E-state index contributed by atoms with van der Waals surface area (Å²) in [5.41, 5.74) is 8.47. The minimum Gasteiger partial charge on any atom is -0.330 e. The topological polar surface area (TPSA) is 26.0 Å². The van der Waals surface area contributed by atoms with Crippen LogP contribution in [0, 0.1) is 18.2 Å². The van der Waals surface area contributed by atoms with Gasteiger partial charge < -0.3 is 5.73 Å². The second-order valence-corrected chi connectivity index (χ2v) is 5.41. The number of halogens is 1. The molecule has 0 saturated heterocycles. The Kier molecular flexibility index (Phi) is 5.80. The van der Waals surface area contributed by atoms with Crippen LogP contribution in [0.2, 0.25) is 0 Å². The van der Waals surface area contributed by atoms with Crippen molar-refractivity contribution in [3.05, 3.63) is 35.1 Å². The van der Waals surface area contributed by atoms with E-state index in [2.05, 4.69) is 13.8 Å². The lowest BCUT2D eigenvalue weighted by molar-refractivity contribution is 0.250.